The zero-order chi connectivity index (χ0) is 21.0. The van der Waals surface area contributed by atoms with E-state index in [0.717, 1.165) is 46.2 Å². The minimum Gasteiger partial charge on any atom is -0.493 e. The van der Waals surface area contributed by atoms with Gasteiger partial charge in [-0.1, -0.05) is 25.1 Å². The highest BCUT2D eigenvalue weighted by Crippen LogP contribution is 2.51. The molecular weight excluding hydrogens is 366 g/mol. The third-order valence-corrected chi connectivity index (χ3v) is 5.19. The fraction of sp³-hybridized carbons (Fsp3) is 0.417. The average Bonchev–Trinajstić information content (AvgIpc) is 3.04. The lowest BCUT2D eigenvalue weighted by molar-refractivity contribution is 0.207. The summed E-state index contributed by atoms with van der Waals surface area (Å²) in [5.41, 5.74) is 3.33. The molecule has 5 nitrogen and oxygen atoms in total. The molecule has 0 saturated carbocycles. The molecule has 0 fully saturated rings. The van der Waals surface area contributed by atoms with E-state index in [9.17, 15) is 0 Å². The quantitative estimate of drug-likeness (QED) is 0.633. The third-order valence-electron chi connectivity index (χ3n) is 5.19. The Morgan fingerprint density at radius 3 is 2.45 bits per heavy atom. The monoisotopic (exact) mass is 397 g/mol. The van der Waals surface area contributed by atoms with Crippen molar-refractivity contribution >= 4 is 6.08 Å². The van der Waals surface area contributed by atoms with Gasteiger partial charge in [0.1, 0.15) is 12.7 Å². The predicted molar refractivity (Wildman–Crippen MR) is 117 cm³/mol. The number of hydrogen-bond donors (Lipinski definition) is 0. The van der Waals surface area contributed by atoms with Crippen LogP contribution in [-0.2, 0) is 0 Å². The van der Waals surface area contributed by atoms with Gasteiger partial charge >= 0.3 is 0 Å². The molecule has 0 amide bonds. The Kier molecular flexibility index (Phi) is 6.70. The van der Waals surface area contributed by atoms with Crippen molar-refractivity contribution in [1.82, 2.24) is 4.90 Å². The number of ether oxygens (including phenoxy) is 4. The molecule has 1 aliphatic heterocycles. The SMILES string of the molecule is C/C=C/c1cc(OC)c2c(c1)C(C)C(c1ccc(OCCN(C)C)c(OC)c1)O2. The Labute approximate surface area is 173 Å². The van der Waals surface area contributed by atoms with Gasteiger partial charge in [-0.25, -0.2) is 0 Å². The summed E-state index contributed by atoms with van der Waals surface area (Å²) in [5, 5.41) is 0. The van der Waals surface area contributed by atoms with E-state index in [-0.39, 0.29) is 12.0 Å². The molecule has 0 N–H and O–H groups in total. The largest absolute Gasteiger partial charge is 0.493 e. The molecule has 1 heterocycles. The normalized spacial score (nSPS) is 18.0. The zero-order valence-corrected chi connectivity index (χ0v) is 18.2. The van der Waals surface area contributed by atoms with E-state index in [1.807, 2.05) is 45.3 Å². The van der Waals surface area contributed by atoms with Crippen LogP contribution in [0.4, 0.5) is 0 Å². The van der Waals surface area contributed by atoms with Crippen LogP contribution in [0.1, 0.15) is 42.6 Å². The molecule has 2 unspecified atom stereocenters. The Morgan fingerprint density at radius 1 is 1.03 bits per heavy atom. The summed E-state index contributed by atoms with van der Waals surface area (Å²) in [6.07, 6.45) is 3.99. The van der Waals surface area contributed by atoms with Gasteiger partial charge in [0, 0.05) is 18.0 Å². The zero-order valence-electron chi connectivity index (χ0n) is 18.2. The molecule has 0 aliphatic carbocycles. The number of methoxy groups -OCH3 is 2. The van der Waals surface area contributed by atoms with Crippen LogP contribution in [0, 0.1) is 0 Å². The molecule has 2 atom stereocenters. The molecule has 2 aromatic carbocycles. The molecule has 3 rings (SSSR count). The van der Waals surface area contributed by atoms with Gasteiger partial charge in [0.15, 0.2) is 23.0 Å². The summed E-state index contributed by atoms with van der Waals surface area (Å²) in [4.78, 5) is 2.08. The van der Waals surface area contributed by atoms with Crippen molar-refractivity contribution in [3.05, 3.63) is 53.1 Å². The van der Waals surface area contributed by atoms with Gasteiger partial charge in [-0.15, -0.1) is 0 Å². The van der Waals surface area contributed by atoms with Gasteiger partial charge in [0.05, 0.1) is 14.2 Å². The van der Waals surface area contributed by atoms with Crippen LogP contribution in [0.25, 0.3) is 6.08 Å². The summed E-state index contributed by atoms with van der Waals surface area (Å²) in [6, 6.07) is 10.2. The number of nitrogens with zero attached hydrogens (tertiary/aromatic N) is 1. The maximum atomic E-state index is 6.36. The summed E-state index contributed by atoms with van der Waals surface area (Å²) < 4.78 is 23.4. The highest BCUT2D eigenvalue weighted by molar-refractivity contribution is 5.62. The topological polar surface area (TPSA) is 40.2 Å². The van der Waals surface area contributed by atoms with Gasteiger partial charge in [-0.3, -0.25) is 0 Å². The maximum absolute atomic E-state index is 6.36. The molecule has 0 radical (unpaired) electrons. The fourth-order valence-corrected chi connectivity index (χ4v) is 3.62. The number of hydrogen-bond acceptors (Lipinski definition) is 5. The first kappa shape index (κ1) is 21.1. The smallest absolute Gasteiger partial charge is 0.165 e. The van der Waals surface area contributed by atoms with Crippen LogP contribution in [-0.4, -0.2) is 46.4 Å². The van der Waals surface area contributed by atoms with Crippen molar-refractivity contribution in [3.8, 4) is 23.0 Å². The van der Waals surface area contributed by atoms with Crippen LogP contribution in [0.3, 0.4) is 0 Å². The molecule has 0 spiro atoms. The van der Waals surface area contributed by atoms with Crippen LogP contribution in [0.15, 0.2) is 36.4 Å². The number of benzene rings is 2. The van der Waals surface area contributed by atoms with Crippen molar-refractivity contribution in [3.63, 3.8) is 0 Å². The van der Waals surface area contributed by atoms with Crippen molar-refractivity contribution in [2.75, 3.05) is 41.5 Å². The lowest BCUT2D eigenvalue weighted by Crippen LogP contribution is -2.19. The van der Waals surface area contributed by atoms with E-state index in [4.69, 9.17) is 18.9 Å². The Balaban J connectivity index is 1.87. The van der Waals surface area contributed by atoms with E-state index in [1.54, 1.807) is 14.2 Å². The van der Waals surface area contributed by atoms with Crippen LogP contribution < -0.4 is 18.9 Å². The Bertz CT molecular complexity index is 875. The van der Waals surface area contributed by atoms with E-state index in [1.165, 1.54) is 0 Å². The van der Waals surface area contributed by atoms with Crippen LogP contribution >= 0.6 is 0 Å². The molecule has 29 heavy (non-hydrogen) atoms. The number of rotatable bonds is 8. The van der Waals surface area contributed by atoms with Crippen molar-refractivity contribution in [2.24, 2.45) is 0 Å². The molecule has 0 bridgehead atoms. The molecular formula is C24H31NO4. The van der Waals surface area contributed by atoms with E-state index >= 15 is 0 Å². The summed E-state index contributed by atoms with van der Waals surface area (Å²) in [6.45, 7) is 5.65. The summed E-state index contributed by atoms with van der Waals surface area (Å²) >= 11 is 0. The highest BCUT2D eigenvalue weighted by atomic mass is 16.5. The second-order valence-electron chi connectivity index (χ2n) is 7.53. The fourth-order valence-electron chi connectivity index (χ4n) is 3.62. The molecule has 5 heteroatoms. The van der Waals surface area contributed by atoms with Gasteiger partial charge in [0.25, 0.3) is 0 Å². The first-order valence-electron chi connectivity index (χ1n) is 9.95. The maximum Gasteiger partial charge on any atom is 0.165 e. The summed E-state index contributed by atoms with van der Waals surface area (Å²) in [5.74, 6) is 3.24. The number of allylic oxidation sites excluding steroid dienone is 1. The van der Waals surface area contributed by atoms with Crippen molar-refractivity contribution < 1.29 is 18.9 Å². The number of fused-ring (bicyclic) bond motifs is 1. The van der Waals surface area contributed by atoms with Gasteiger partial charge in [0.2, 0.25) is 0 Å². The van der Waals surface area contributed by atoms with Gasteiger partial charge in [-0.2, -0.15) is 0 Å². The van der Waals surface area contributed by atoms with E-state index in [0.29, 0.717) is 6.61 Å². The lowest BCUT2D eigenvalue weighted by atomic mass is 9.91. The number of likely N-dealkylation sites (N-methyl/N-ethyl adjacent to an activating group) is 1. The second kappa shape index (κ2) is 9.23. The lowest BCUT2D eigenvalue weighted by Gasteiger charge is -2.19. The molecule has 2 aromatic rings. The first-order valence-corrected chi connectivity index (χ1v) is 9.95. The first-order chi connectivity index (χ1) is 14.0. The van der Waals surface area contributed by atoms with Crippen molar-refractivity contribution in [1.29, 1.82) is 0 Å². The average molecular weight is 398 g/mol. The van der Waals surface area contributed by atoms with Crippen LogP contribution in [0.5, 0.6) is 23.0 Å². The Hall–Kier alpha value is -2.66. The standard InChI is InChI=1S/C24H31NO4/c1-7-8-17-13-19-16(2)23(29-24(19)22(14-17)27-6)18-9-10-20(21(15-18)26-5)28-12-11-25(3)4/h7-10,13-16,23H,11-12H2,1-6H3/b8-7+. The molecule has 156 valence electrons. The molecule has 1 aliphatic rings. The van der Waals surface area contributed by atoms with E-state index < -0.39 is 0 Å². The van der Waals surface area contributed by atoms with Gasteiger partial charge in [-0.05, 0) is 56.4 Å². The second-order valence-corrected chi connectivity index (χ2v) is 7.53. The molecule has 0 saturated heterocycles. The van der Waals surface area contributed by atoms with Gasteiger partial charge < -0.3 is 23.8 Å². The van der Waals surface area contributed by atoms with Crippen molar-refractivity contribution in [2.45, 2.75) is 25.9 Å². The minimum atomic E-state index is -0.107. The molecule has 0 aromatic heterocycles. The minimum absolute atomic E-state index is 0.107. The Morgan fingerprint density at radius 2 is 1.79 bits per heavy atom. The predicted octanol–water partition coefficient (Wildman–Crippen LogP) is 4.91. The summed E-state index contributed by atoms with van der Waals surface area (Å²) in [7, 11) is 7.39. The van der Waals surface area contributed by atoms with E-state index in [2.05, 4.69) is 30.0 Å². The third kappa shape index (κ3) is 4.51. The van der Waals surface area contributed by atoms with Crippen LogP contribution in [0.2, 0.25) is 0 Å². The highest BCUT2D eigenvalue weighted by Gasteiger charge is 2.35.